The molecule has 0 aliphatic heterocycles. The monoisotopic (exact) mass is 473 g/mol. The van der Waals surface area contributed by atoms with E-state index in [1.807, 2.05) is 5.32 Å². The third kappa shape index (κ3) is 6.02. The molecule has 1 amide bonds. The van der Waals surface area contributed by atoms with Crippen LogP contribution in [0.25, 0.3) is 0 Å². The Bertz CT molecular complexity index is 943. The molecule has 0 bridgehead atoms. The molecular weight excluding hydrogens is 463 g/mol. The zero-order valence-corrected chi connectivity index (χ0v) is 16.0. The van der Waals surface area contributed by atoms with E-state index in [2.05, 4.69) is 0 Å². The van der Waals surface area contributed by atoms with Crippen molar-refractivity contribution in [1.29, 1.82) is 0 Å². The summed E-state index contributed by atoms with van der Waals surface area (Å²) in [6.07, 6.45) is -10.7. The maximum absolute atomic E-state index is 12.9. The van der Waals surface area contributed by atoms with Crippen LogP contribution in [0.3, 0.4) is 0 Å². The number of rotatable bonds is 5. The van der Waals surface area contributed by atoms with Crippen molar-refractivity contribution in [2.75, 3.05) is 0 Å². The maximum atomic E-state index is 12.9. The van der Waals surface area contributed by atoms with E-state index in [4.69, 9.17) is 23.2 Å². The Kier molecular flexibility index (Phi) is 6.93. The summed E-state index contributed by atoms with van der Waals surface area (Å²) >= 11 is 11.7. The highest BCUT2D eigenvalue weighted by molar-refractivity contribution is 6.35. The van der Waals surface area contributed by atoms with Gasteiger partial charge in [0.15, 0.2) is 0 Å². The normalized spacial score (nSPS) is 13.1. The molecule has 2 rings (SSSR count). The van der Waals surface area contributed by atoms with Gasteiger partial charge in [-0.2, -0.15) is 26.3 Å². The molecule has 1 atom stereocenters. The van der Waals surface area contributed by atoms with Crippen molar-refractivity contribution in [1.82, 2.24) is 5.32 Å². The number of carboxylic acid groups (broad SMARTS) is 1. The predicted octanol–water partition coefficient (Wildman–Crippen LogP) is 5.46. The average molecular weight is 474 g/mol. The van der Waals surface area contributed by atoms with Gasteiger partial charge in [-0.15, -0.1) is 0 Å². The highest BCUT2D eigenvalue weighted by atomic mass is 35.5. The summed E-state index contributed by atoms with van der Waals surface area (Å²) in [6, 6.07) is 2.67. The maximum Gasteiger partial charge on any atom is 0.416 e. The molecule has 0 fully saturated rings. The second-order valence-electron chi connectivity index (χ2n) is 6.10. The number of benzene rings is 2. The van der Waals surface area contributed by atoms with Crippen LogP contribution in [-0.4, -0.2) is 23.0 Å². The summed E-state index contributed by atoms with van der Waals surface area (Å²) in [6.45, 7) is 0. The van der Waals surface area contributed by atoms with E-state index in [0.717, 1.165) is 0 Å². The fourth-order valence-electron chi connectivity index (χ4n) is 2.43. The lowest BCUT2D eigenvalue weighted by Crippen LogP contribution is -2.42. The van der Waals surface area contributed by atoms with Gasteiger partial charge >= 0.3 is 18.3 Å². The number of hydrogen-bond donors (Lipinski definition) is 2. The lowest BCUT2D eigenvalue weighted by molar-refractivity contribution is -0.143. The van der Waals surface area contributed by atoms with Gasteiger partial charge in [0.2, 0.25) is 0 Å². The van der Waals surface area contributed by atoms with Crippen molar-refractivity contribution < 1.29 is 41.0 Å². The summed E-state index contributed by atoms with van der Waals surface area (Å²) < 4.78 is 77.6. The highest BCUT2D eigenvalue weighted by Crippen LogP contribution is 2.36. The van der Waals surface area contributed by atoms with Crippen LogP contribution in [0, 0.1) is 0 Å². The number of carboxylic acids is 1. The molecule has 0 aliphatic carbocycles. The van der Waals surface area contributed by atoms with Crippen molar-refractivity contribution in [2.24, 2.45) is 0 Å². The molecule has 2 aromatic rings. The van der Waals surface area contributed by atoms with Crippen LogP contribution in [0.2, 0.25) is 10.0 Å². The fourth-order valence-corrected chi connectivity index (χ4v) is 2.92. The second kappa shape index (κ2) is 8.73. The Morgan fingerprint density at radius 2 is 1.47 bits per heavy atom. The Balaban J connectivity index is 2.36. The van der Waals surface area contributed by atoms with E-state index in [1.165, 1.54) is 18.2 Å². The first-order chi connectivity index (χ1) is 13.7. The summed E-state index contributed by atoms with van der Waals surface area (Å²) in [5, 5.41) is 11.5. The van der Waals surface area contributed by atoms with Gasteiger partial charge in [-0.1, -0.05) is 29.3 Å². The van der Waals surface area contributed by atoms with Gasteiger partial charge in [0.05, 0.1) is 11.1 Å². The molecule has 0 saturated heterocycles. The first kappa shape index (κ1) is 23.8. The molecule has 2 aromatic carbocycles. The van der Waals surface area contributed by atoms with Gasteiger partial charge in [-0.05, 0) is 35.9 Å². The number of halogens is 8. The molecule has 4 nitrogen and oxygen atoms in total. The lowest BCUT2D eigenvalue weighted by atomic mass is 10.0. The van der Waals surface area contributed by atoms with Gasteiger partial charge in [-0.25, -0.2) is 4.79 Å². The molecule has 12 heteroatoms. The SMILES string of the molecule is O=C(N[C@H](Cc1ccc(Cl)cc1Cl)C(=O)O)c1cc(C(F)(F)F)cc(C(F)(F)F)c1. The van der Waals surface area contributed by atoms with E-state index in [-0.39, 0.29) is 40.2 Å². The number of aliphatic carboxylic acids is 1. The highest BCUT2D eigenvalue weighted by Gasteiger charge is 2.37. The van der Waals surface area contributed by atoms with Crippen LogP contribution in [0.5, 0.6) is 0 Å². The van der Waals surface area contributed by atoms with Crippen LogP contribution < -0.4 is 5.32 Å². The smallest absolute Gasteiger partial charge is 0.416 e. The molecular formula is C18H11Cl2F6NO3. The van der Waals surface area contributed by atoms with Gasteiger partial charge < -0.3 is 10.4 Å². The third-order valence-electron chi connectivity index (χ3n) is 3.89. The van der Waals surface area contributed by atoms with Gasteiger partial charge in [0.25, 0.3) is 5.91 Å². The minimum Gasteiger partial charge on any atom is -0.480 e. The van der Waals surface area contributed by atoms with Crippen molar-refractivity contribution >= 4 is 35.1 Å². The van der Waals surface area contributed by atoms with E-state index >= 15 is 0 Å². The number of carbonyl (C=O) groups is 2. The van der Waals surface area contributed by atoms with Gasteiger partial charge in [0, 0.05) is 22.0 Å². The summed E-state index contributed by atoms with van der Waals surface area (Å²) in [5.41, 5.74) is -4.15. The largest absolute Gasteiger partial charge is 0.480 e. The molecule has 0 aromatic heterocycles. The van der Waals surface area contributed by atoms with Gasteiger partial charge in [0.1, 0.15) is 6.04 Å². The molecule has 0 radical (unpaired) electrons. The number of nitrogens with one attached hydrogen (secondary N) is 1. The zero-order chi connectivity index (χ0) is 22.9. The first-order valence-corrected chi connectivity index (χ1v) is 8.71. The van der Waals surface area contributed by atoms with E-state index in [1.54, 1.807) is 0 Å². The van der Waals surface area contributed by atoms with Crippen molar-refractivity contribution in [3.8, 4) is 0 Å². The molecule has 162 valence electrons. The zero-order valence-electron chi connectivity index (χ0n) is 14.5. The van der Waals surface area contributed by atoms with E-state index in [9.17, 15) is 41.0 Å². The second-order valence-corrected chi connectivity index (χ2v) is 6.94. The Labute approximate surface area is 175 Å². The molecule has 0 saturated carbocycles. The number of amides is 1. The van der Waals surface area contributed by atoms with E-state index < -0.39 is 47.0 Å². The number of alkyl halides is 6. The fraction of sp³-hybridized carbons (Fsp3) is 0.222. The standard InChI is InChI=1S/C18H11Cl2F6NO3/c19-12-2-1-8(13(20)7-12)5-14(16(29)30)27-15(28)9-3-10(17(21,22)23)6-11(4-9)18(24,25)26/h1-4,6-7,14H,5H2,(H,27,28)(H,29,30)/t14-/m1/s1. The minimum absolute atomic E-state index is 0.0708. The number of hydrogen-bond acceptors (Lipinski definition) is 2. The van der Waals surface area contributed by atoms with Crippen molar-refractivity contribution in [3.63, 3.8) is 0 Å². The molecule has 0 spiro atoms. The third-order valence-corrected chi connectivity index (χ3v) is 4.48. The molecule has 2 N–H and O–H groups in total. The number of carbonyl (C=O) groups excluding carboxylic acids is 1. The van der Waals surface area contributed by atoms with Crippen LogP contribution in [0.4, 0.5) is 26.3 Å². The lowest BCUT2D eigenvalue weighted by Gasteiger charge is -2.17. The first-order valence-electron chi connectivity index (χ1n) is 7.95. The summed E-state index contributed by atoms with van der Waals surface area (Å²) in [5.74, 6) is -3.00. The Morgan fingerprint density at radius 1 is 0.933 bits per heavy atom. The quantitative estimate of drug-likeness (QED) is 0.567. The Hall–Kier alpha value is -2.46. The average Bonchev–Trinajstić information content (AvgIpc) is 2.61. The van der Waals surface area contributed by atoms with Crippen molar-refractivity contribution in [2.45, 2.75) is 24.8 Å². The minimum atomic E-state index is -5.15. The molecule has 0 aliphatic rings. The predicted molar refractivity (Wildman–Crippen MR) is 95.5 cm³/mol. The van der Waals surface area contributed by atoms with Crippen LogP contribution in [0.15, 0.2) is 36.4 Å². The van der Waals surface area contributed by atoms with E-state index in [0.29, 0.717) is 0 Å². The van der Waals surface area contributed by atoms with Crippen LogP contribution in [0.1, 0.15) is 27.0 Å². The summed E-state index contributed by atoms with van der Waals surface area (Å²) in [7, 11) is 0. The van der Waals surface area contributed by atoms with Crippen LogP contribution in [-0.2, 0) is 23.6 Å². The Morgan fingerprint density at radius 3 is 1.90 bits per heavy atom. The summed E-state index contributed by atoms with van der Waals surface area (Å²) in [4.78, 5) is 23.7. The van der Waals surface area contributed by atoms with Crippen LogP contribution >= 0.6 is 23.2 Å². The molecule has 30 heavy (non-hydrogen) atoms. The van der Waals surface area contributed by atoms with Crippen molar-refractivity contribution in [3.05, 3.63) is 68.7 Å². The molecule has 0 unspecified atom stereocenters. The molecule has 0 heterocycles. The van der Waals surface area contributed by atoms with Gasteiger partial charge in [-0.3, -0.25) is 4.79 Å². The topological polar surface area (TPSA) is 66.4 Å².